The number of methoxy groups -OCH3 is 1. The molecule has 0 atom stereocenters. The van der Waals surface area contributed by atoms with Crippen molar-refractivity contribution < 1.29 is 9.47 Å². The lowest BCUT2D eigenvalue weighted by atomic mass is 10.2. The maximum atomic E-state index is 6.18. The highest BCUT2D eigenvalue weighted by molar-refractivity contribution is 6.31. The van der Waals surface area contributed by atoms with Crippen molar-refractivity contribution in [3.05, 3.63) is 70.5 Å². The summed E-state index contributed by atoms with van der Waals surface area (Å²) in [6.07, 6.45) is 3.43. The molecule has 0 aliphatic carbocycles. The van der Waals surface area contributed by atoms with Gasteiger partial charge in [0, 0.05) is 10.6 Å². The maximum Gasteiger partial charge on any atom is 0.221 e. The lowest BCUT2D eigenvalue weighted by molar-refractivity contribution is 0.284. The number of hydrogen-bond acceptors (Lipinski definition) is 5. The van der Waals surface area contributed by atoms with E-state index in [4.69, 9.17) is 26.8 Å². The number of nitrogens with zero attached hydrogens (tertiary/aromatic N) is 3. The summed E-state index contributed by atoms with van der Waals surface area (Å²) in [5.74, 6) is 1.57. The van der Waals surface area contributed by atoms with Crippen molar-refractivity contribution >= 4 is 23.8 Å². The molecule has 1 aromatic heterocycles. The molecule has 0 fully saturated rings. The molecule has 0 radical (unpaired) electrons. The number of anilines is 1. The number of ether oxygens (including phenoxy) is 2. The lowest BCUT2D eigenvalue weighted by Crippen LogP contribution is -2.00. The van der Waals surface area contributed by atoms with Crippen molar-refractivity contribution in [3.8, 4) is 11.5 Å². The number of benzene rings is 2. The lowest BCUT2D eigenvalue weighted by Gasteiger charge is -2.12. The van der Waals surface area contributed by atoms with Gasteiger partial charge in [-0.3, -0.25) is 0 Å². The molecule has 1 heterocycles. The van der Waals surface area contributed by atoms with Crippen molar-refractivity contribution in [2.75, 3.05) is 12.8 Å². The third-order valence-corrected chi connectivity index (χ3v) is 4.06. The molecule has 0 amide bonds. The highest BCUT2D eigenvalue weighted by Gasteiger charge is 2.07. The molecule has 0 aliphatic rings. The Morgan fingerprint density at radius 2 is 2.04 bits per heavy atom. The zero-order valence-corrected chi connectivity index (χ0v) is 15.3. The van der Waals surface area contributed by atoms with E-state index >= 15 is 0 Å². The highest BCUT2D eigenvalue weighted by atomic mass is 35.5. The van der Waals surface area contributed by atoms with Crippen LogP contribution in [0.3, 0.4) is 0 Å². The van der Waals surface area contributed by atoms with Crippen LogP contribution in [0.4, 0.5) is 5.95 Å². The van der Waals surface area contributed by atoms with Gasteiger partial charge < -0.3 is 15.2 Å². The molecule has 0 saturated carbocycles. The van der Waals surface area contributed by atoms with Gasteiger partial charge in [-0.2, -0.15) is 5.10 Å². The van der Waals surface area contributed by atoms with Gasteiger partial charge in [0.2, 0.25) is 5.95 Å². The standard InChI is InChI=1S/C19H19ClN4O2/c1-13-11-24(19(21)23-13)22-10-14-7-8-17(25-2)18(9-14)26-12-15-5-3-4-6-16(15)20/h3-11H,12H2,1-2H3,(H2,21,23). The summed E-state index contributed by atoms with van der Waals surface area (Å²) in [7, 11) is 1.60. The molecule has 0 unspecified atom stereocenters. The fraction of sp³-hybridized carbons (Fsp3) is 0.158. The Balaban J connectivity index is 1.80. The Morgan fingerprint density at radius 3 is 2.73 bits per heavy atom. The summed E-state index contributed by atoms with van der Waals surface area (Å²) in [6.45, 7) is 2.20. The predicted octanol–water partition coefficient (Wildman–Crippen LogP) is 3.90. The molecule has 134 valence electrons. The van der Waals surface area contributed by atoms with Crippen LogP contribution in [-0.2, 0) is 6.61 Å². The minimum absolute atomic E-state index is 0.336. The van der Waals surface area contributed by atoms with Crippen LogP contribution in [0, 0.1) is 6.92 Å². The summed E-state index contributed by atoms with van der Waals surface area (Å²) < 4.78 is 12.8. The number of nitrogens with two attached hydrogens (primary N) is 1. The Hall–Kier alpha value is -2.99. The normalized spacial score (nSPS) is 11.0. The summed E-state index contributed by atoms with van der Waals surface area (Å²) in [5.41, 5.74) is 8.33. The number of imidazole rings is 1. The van der Waals surface area contributed by atoms with E-state index in [1.54, 1.807) is 19.5 Å². The summed E-state index contributed by atoms with van der Waals surface area (Å²) in [6, 6.07) is 13.1. The largest absolute Gasteiger partial charge is 0.493 e. The van der Waals surface area contributed by atoms with Crippen LogP contribution >= 0.6 is 11.6 Å². The quantitative estimate of drug-likeness (QED) is 0.668. The number of aryl methyl sites for hydroxylation is 1. The second-order valence-electron chi connectivity index (χ2n) is 5.62. The van der Waals surface area contributed by atoms with Crippen LogP contribution < -0.4 is 15.2 Å². The Labute approximate surface area is 156 Å². The van der Waals surface area contributed by atoms with E-state index in [0.29, 0.717) is 29.1 Å². The first-order valence-corrected chi connectivity index (χ1v) is 8.34. The SMILES string of the molecule is COc1ccc(C=Nn2cc(C)nc2N)cc1OCc1ccccc1Cl. The number of rotatable bonds is 6. The van der Waals surface area contributed by atoms with E-state index in [1.165, 1.54) is 4.68 Å². The van der Waals surface area contributed by atoms with Gasteiger partial charge in [-0.15, -0.1) is 0 Å². The van der Waals surface area contributed by atoms with Gasteiger partial charge in [-0.25, -0.2) is 9.66 Å². The van der Waals surface area contributed by atoms with Crippen molar-refractivity contribution in [1.29, 1.82) is 0 Å². The van der Waals surface area contributed by atoms with E-state index < -0.39 is 0 Å². The second kappa shape index (κ2) is 7.93. The first-order chi connectivity index (χ1) is 12.6. The summed E-state index contributed by atoms with van der Waals surface area (Å²) in [4.78, 5) is 4.11. The van der Waals surface area contributed by atoms with E-state index in [0.717, 1.165) is 16.8 Å². The minimum Gasteiger partial charge on any atom is -0.493 e. The van der Waals surface area contributed by atoms with Crippen LogP contribution in [0.5, 0.6) is 11.5 Å². The average molecular weight is 371 g/mol. The van der Waals surface area contributed by atoms with Crippen LogP contribution in [0.25, 0.3) is 0 Å². The maximum absolute atomic E-state index is 6.18. The average Bonchev–Trinajstić information content (AvgIpc) is 2.96. The van der Waals surface area contributed by atoms with Crippen LogP contribution in [-0.4, -0.2) is 23.0 Å². The zero-order chi connectivity index (χ0) is 18.5. The van der Waals surface area contributed by atoms with Gasteiger partial charge in [-0.05, 0) is 36.8 Å². The van der Waals surface area contributed by atoms with Crippen molar-refractivity contribution in [2.45, 2.75) is 13.5 Å². The van der Waals surface area contributed by atoms with Gasteiger partial charge in [0.05, 0.1) is 25.2 Å². The van der Waals surface area contributed by atoms with Crippen molar-refractivity contribution in [1.82, 2.24) is 9.66 Å². The zero-order valence-electron chi connectivity index (χ0n) is 14.5. The van der Waals surface area contributed by atoms with E-state index in [-0.39, 0.29) is 0 Å². The van der Waals surface area contributed by atoms with E-state index in [1.807, 2.05) is 49.4 Å². The molecular formula is C19H19ClN4O2. The molecule has 2 N–H and O–H groups in total. The molecule has 0 spiro atoms. The second-order valence-corrected chi connectivity index (χ2v) is 6.03. The fourth-order valence-electron chi connectivity index (χ4n) is 2.38. The fourth-order valence-corrected chi connectivity index (χ4v) is 2.57. The Morgan fingerprint density at radius 1 is 1.23 bits per heavy atom. The number of nitrogen functional groups attached to an aromatic ring is 1. The van der Waals surface area contributed by atoms with Gasteiger partial charge in [0.25, 0.3) is 0 Å². The number of aromatic nitrogens is 2. The minimum atomic E-state index is 0.336. The molecule has 0 aliphatic heterocycles. The molecule has 7 heteroatoms. The molecule has 6 nitrogen and oxygen atoms in total. The predicted molar refractivity (Wildman–Crippen MR) is 103 cm³/mol. The van der Waals surface area contributed by atoms with Gasteiger partial charge >= 0.3 is 0 Å². The third-order valence-electron chi connectivity index (χ3n) is 3.69. The van der Waals surface area contributed by atoms with Crippen LogP contribution in [0.2, 0.25) is 5.02 Å². The van der Waals surface area contributed by atoms with Gasteiger partial charge in [0.15, 0.2) is 11.5 Å². The van der Waals surface area contributed by atoms with E-state index in [9.17, 15) is 0 Å². The molecular weight excluding hydrogens is 352 g/mol. The molecule has 3 rings (SSSR count). The molecule has 26 heavy (non-hydrogen) atoms. The Kier molecular flexibility index (Phi) is 5.43. The van der Waals surface area contributed by atoms with Crippen LogP contribution in [0.15, 0.2) is 53.8 Å². The monoisotopic (exact) mass is 370 g/mol. The van der Waals surface area contributed by atoms with Crippen molar-refractivity contribution in [2.24, 2.45) is 5.10 Å². The van der Waals surface area contributed by atoms with E-state index in [2.05, 4.69) is 10.1 Å². The van der Waals surface area contributed by atoms with Gasteiger partial charge in [-0.1, -0.05) is 29.8 Å². The highest BCUT2D eigenvalue weighted by Crippen LogP contribution is 2.29. The molecule has 0 bridgehead atoms. The van der Waals surface area contributed by atoms with Crippen LogP contribution in [0.1, 0.15) is 16.8 Å². The smallest absolute Gasteiger partial charge is 0.221 e. The summed E-state index contributed by atoms with van der Waals surface area (Å²) in [5, 5.41) is 4.97. The number of halogens is 1. The van der Waals surface area contributed by atoms with Crippen molar-refractivity contribution in [3.63, 3.8) is 0 Å². The molecule has 2 aromatic carbocycles. The first kappa shape index (κ1) is 17.8. The van der Waals surface area contributed by atoms with Gasteiger partial charge in [0.1, 0.15) is 6.61 Å². The molecule has 3 aromatic rings. The Bertz CT molecular complexity index is 937. The summed E-state index contributed by atoms with van der Waals surface area (Å²) >= 11 is 6.18. The topological polar surface area (TPSA) is 74.7 Å². The third kappa shape index (κ3) is 4.15. The molecule has 0 saturated heterocycles. The number of hydrogen-bond donors (Lipinski definition) is 1. The first-order valence-electron chi connectivity index (χ1n) is 7.97.